The van der Waals surface area contributed by atoms with E-state index < -0.39 is 5.97 Å². The maximum absolute atomic E-state index is 10.3. The monoisotopic (exact) mass is 190 g/mol. The molecule has 0 saturated carbocycles. The van der Waals surface area contributed by atoms with Crippen molar-refractivity contribution in [3.05, 3.63) is 40.5 Å². The Labute approximate surface area is 83.9 Å². The van der Waals surface area contributed by atoms with Crippen LogP contribution in [0.15, 0.2) is 18.2 Å². The summed E-state index contributed by atoms with van der Waals surface area (Å²) in [5.74, 6) is -0.914. The number of rotatable bonds is 2. The van der Waals surface area contributed by atoms with Crippen LogP contribution in [0.1, 0.15) is 22.3 Å². The van der Waals surface area contributed by atoms with E-state index >= 15 is 0 Å². The fourth-order valence-corrected chi connectivity index (χ4v) is 1.32. The van der Waals surface area contributed by atoms with Gasteiger partial charge in [-0.2, -0.15) is 0 Å². The first-order chi connectivity index (χ1) is 6.52. The molecule has 74 valence electrons. The van der Waals surface area contributed by atoms with E-state index in [9.17, 15) is 4.79 Å². The van der Waals surface area contributed by atoms with E-state index in [1.165, 1.54) is 11.1 Å². The van der Waals surface area contributed by atoms with Crippen molar-refractivity contribution in [3.63, 3.8) is 0 Å². The van der Waals surface area contributed by atoms with E-state index in [2.05, 4.69) is 0 Å². The average molecular weight is 190 g/mol. The minimum atomic E-state index is -0.914. The number of carboxylic acids is 1. The third-order valence-electron chi connectivity index (χ3n) is 2.51. The van der Waals surface area contributed by atoms with E-state index in [0.717, 1.165) is 17.2 Å². The van der Waals surface area contributed by atoms with Crippen molar-refractivity contribution in [2.24, 2.45) is 0 Å². The number of hydrogen-bond donors (Lipinski definition) is 1. The van der Waals surface area contributed by atoms with Crippen LogP contribution in [-0.4, -0.2) is 11.1 Å². The van der Waals surface area contributed by atoms with Gasteiger partial charge in [0.05, 0.1) is 0 Å². The molecule has 0 bridgehead atoms. The Balaban J connectivity index is 3.12. The molecular weight excluding hydrogens is 176 g/mol. The van der Waals surface area contributed by atoms with Gasteiger partial charge in [-0.05, 0) is 49.1 Å². The number of aryl methyl sites for hydroxylation is 1. The molecule has 1 N–H and O–H groups in total. The lowest BCUT2D eigenvalue weighted by atomic mass is 9.99. The average Bonchev–Trinajstić information content (AvgIpc) is 2.13. The number of carboxylic acid groups (broad SMARTS) is 1. The largest absolute Gasteiger partial charge is 0.478 e. The van der Waals surface area contributed by atoms with E-state index in [-0.39, 0.29) is 0 Å². The van der Waals surface area contributed by atoms with Crippen molar-refractivity contribution >= 4 is 12.0 Å². The van der Waals surface area contributed by atoms with Crippen LogP contribution >= 0.6 is 0 Å². The molecule has 0 fully saturated rings. The van der Waals surface area contributed by atoms with Crippen LogP contribution in [0.2, 0.25) is 0 Å². The highest BCUT2D eigenvalue weighted by Gasteiger charge is 2.00. The van der Waals surface area contributed by atoms with Crippen molar-refractivity contribution in [1.82, 2.24) is 0 Å². The van der Waals surface area contributed by atoms with E-state index in [1.807, 2.05) is 32.9 Å². The van der Waals surface area contributed by atoms with Crippen LogP contribution in [0.3, 0.4) is 0 Å². The Hall–Kier alpha value is -1.57. The third-order valence-corrected chi connectivity index (χ3v) is 2.51. The number of benzene rings is 1. The zero-order chi connectivity index (χ0) is 10.7. The molecule has 0 unspecified atom stereocenters. The smallest absolute Gasteiger partial charge is 0.328 e. The fourth-order valence-electron chi connectivity index (χ4n) is 1.32. The molecule has 2 heteroatoms. The van der Waals surface area contributed by atoms with Crippen LogP contribution in [-0.2, 0) is 4.79 Å². The molecule has 0 atom stereocenters. The molecule has 1 rings (SSSR count). The molecule has 2 nitrogen and oxygen atoms in total. The minimum absolute atomic E-state index is 0.914. The molecule has 0 aliphatic heterocycles. The summed E-state index contributed by atoms with van der Waals surface area (Å²) in [7, 11) is 0. The highest BCUT2D eigenvalue weighted by Crippen LogP contribution is 2.18. The lowest BCUT2D eigenvalue weighted by Crippen LogP contribution is -1.91. The summed E-state index contributed by atoms with van der Waals surface area (Å²) >= 11 is 0. The maximum Gasteiger partial charge on any atom is 0.328 e. The summed E-state index contributed by atoms with van der Waals surface area (Å²) < 4.78 is 0. The molecule has 0 saturated heterocycles. The van der Waals surface area contributed by atoms with Crippen molar-refractivity contribution in [2.75, 3.05) is 0 Å². The summed E-state index contributed by atoms with van der Waals surface area (Å²) in [5.41, 5.74) is 4.56. The van der Waals surface area contributed by atoms with E-state index in [1.54, 1.807) is 6.08 Å². The number of aliphatic carboxylic acids is 1. The van der Waals surface area contributed by atoms with Crippen molar-refractivity contribution < 1.29 is 9.90 Å². The van der Waals surface area contributed by atoms with Gasteiger partial charge in [-0.25, -0.2) is 4.79 Å². The molecule has 1 aromatic carbocycles. The summed E-state index contributed by atoms with van der Waals surface area (Å²) in [4.78, 5) is 10.3. The molecule has 1 aromatic rings. The Morgan fingerprint density at radius 2 is 1.86 bits per heavy atom. The summed E-state index contributed by atoms with van der Waals surface area (Å²) in [5, 5.41) is 8.50. The van der Waals surface area contributed by atoms with Gasteiger partial charge in [0.25, 0.3) is 0 Å². The Morgan fingerprint density at radius 3 is 2.43 bits per heavy atom. The number of hydrogen-bond acceptors (Lipinski definition) is 1. The summed E-state index contributed by atoms with van der Waals surface area (Å²) in [6.45, 7) is 6.10. The second-order valence-electron chi connectivity index (χ2n) is 3.39. The normalized spacial score (nSPS) is 10.8. The zero-order valence-electron chi connectivity index (χ0n) is 8.66. The lowest BCUT2D eigenvalue weighted by molar-refractivity contribution is -0.131. The van der Waals surface area contributed by atoms with Crippen LogP contribution in [0.25, 0.3) is 6.08 Å². The minimum Gasteiger partial charge on any atom is -0.478 e. The molecule has 0 heterocycles. The molecule has 0 amide bonds. The van der Waals surface area contributed by atoms with Crippen LogP contribution in [0, 0.1) is 20.8 Å². The predicted molar refractivity (Wildman–Crippen MR) is 57.3 cm³/mol. The molecule has 0 aliphatic carbocycles. The quantitative estimate of drug-likeness (QED) is 0.728. The summed E-state index contributed by atoms with van der Waals surface area (Å²) in [6.07, 6.45) is 2.79. The molecule has 0 aliphatic rings. The highest BCUT2D eigenvalue weighted by molar-refractivity contribution is 5.85. The second kappa shape index (κ2) is 4.09. The highest BCUT2D eigenvalue weighted by atomic mass is 16.4. The Morgan fingerprint density at radius 1 is 1.21 bits per heavy atom. The van der Waals surface area contributed by atoms with Crippen LogP contribution in [0.5, 0.6) is 0 Å². The molecule has 0 aromatic heterocycles. The first-order valence-corrected chi connectivity index (χ1v) is 4.50. The number of carbonyl (C=O) groups is 1. The molecular formula is C12H14O2. The van der Waals surface area contributed by atoms with Crippen molar-refractivity contribution in [3.8, 4) is 0 Å². The van der Waals surface area contributed by atoms with Gasteiger partial charge in [0.2, 0.25) is 0 Å². The van der Waals surface area contributed by atoms with Crippen molar-refractivity contribution in [2.45, 2.75) is 20.8 Å². The van der Waals surface area contributed by atoms with Gasteiger partial charge >= 0.3 is 5.97 Å². The van der Waals surface area contributed by atoms with Gasteiger partial charge in [0.1, 0.15) is 0 Å². The molecule has 14 heavy (non-hydrogen) atoms. The maximum atomic E-state index is 10.3. The molecule has 0 spiro atoms. The fraction of sp³-hybridized carbons (Fsp3) is 0.250. The standard InChI is InChI=1S/C12H14O2/c1-8-4-5-11(6-7-12(13)14)10(3)9(8)2/h4-7H,1-3H3,(H,13,14)/b7-6+. The SMILES string of the molecule is Cc1ccc(/C=C/C(=O)O)c(C)c1C. The van der Waals surface area contributed by atoms with Crippen LogP contribution in [0.4, 0.5) is 0 Å². The topological polar surface area (TPSA) is 37.3 Å². The summed E-state index contributed by atoms with van der Waals surface area (Å²) in [6, 6.07) is 3.95. The second-order valence-corrected chi connectivity index (χ2v) is 3.39. The van der Waals surface area contributed by atoms with Crippen molar-refractivity contribution in [1.29, 1.82) is 0 Å². The molecule has 0 radical (unpaired) electrons. The van der Waals surface area contributed by atoms with Gasteiger partial charge in [0.15, 0.2) is 0 Å². The van der Waals surface area contributed by atoms with Gasteiger partial charge < -0.3 is 5.11 Å². The van der Waals surface area contributed by atoms with Gasteiger partial charge in [-0.3, -0.25) is 0 Å². The van der Waals surface area contributed by atoms with Crippen LogP contribution < -0.4 is 0 Å². The first-order valence-electron chi connectivity index (χ1n) is 4.50. The van der Waals surface area contributed by atoms with Gasteiger partial charge in [0, 0.05) is 6.08 Å². The Bertz CT molecular complexity index is 390. The third kappa shape index (κ3) is 2.22. The van der Waals surface area contributed by atoms with Gasteiger partial charge in [-0.1, -0.05) is 12.1 Å². The lowest BCUT2D eigenvalue weighted by Gasteiger charge is -2.07. The zero-order valence-corrected chi connectivity index (χ0v) is 8.66. The van der Waals surface area contributed by atoms with E-state index in [4.69, 9.17) is 5.11 Å². The Kier molecular flexibility index (Phi) is 3.07. The van der Waals surface area contributed by atoms with E-state index in [0.29, 0.717) is 0 Å². The van der Waals surface area contributed by atoms with Gasteiger partial charge in [-0.15, -0.1) is 0 Å². The first kappa shape index (κ1) is 10.5. The predicted octanol–water partition coefficient (Wildman–Crippen LogP) is 2.71.